The van der Waals surface area contributed by atoms with Gasteiger partial charge in [0, 0.05) is 37.7 Å². The molecule has 2 aromatic heterocycles. The number of aliphatic imine (C=N–C) groups is 1. The van der Waals surface area contributed by atoms with Gasteiger partial charge >= 0.3 is 0 Å². The topological polar surface area (TPSA) is 76.4 Å². The van der Waals surface area contributed by atoms with Crippen LogP contribution in [0.2, 0.25) is 0 Å². The van der Waals surface area contributed by atoms with Gasteiger partial charge in [-0.15, -0.1) is 0 Å². The quantitative estimate of drug-likeness (QED) is 0.652. The zero-order valence-corrected chi connectivity index (χ0v) is 14.6. The molecule has 7 nitrogen and oxygen atoms in total. The number of pyridine rings is 1. The lowest BCUT2D eigenvalue weighted by Crippen LogP contribution is -2.47. The second kappa shape index (κ2) is 6.84. The standard InChI is InChI=1S/C18H24N6O/c1-12-20-8-9-24(12)17-13(4-3-7-21-17)11-22-18(19-2)23-15-10-14-5-6-16(15)25-14/h3-4,7-9,14-16H,5-6,10-11H2,1-2H3,(H2,19,22,23). The Morgan fingerprint density at radius 3 is 2.96 bits per heavy atom. The Morgan fingerprint density at radius 1 is 1.36 bits per heavy atom. The van der Waals surface area contributed by atoms with Gasteiger partial charge in [-0.2, -0.15) is 0 Å². The van der Waals surface area contributed by atoms with Gasteiger partial charge in [0.25, 0.3) is 0 Å². The smallest absolute Gasteiger partial charge is 0.191 e. The second-order valence-electron chi connectivity index (χ2n) is 6.62. The van der Waals surface area contributed by atoms with E-state index in [0.717, 1.165) is 36.0 Å². The molecule has 0 saturated carbocycles. The first-order valence-electron chi connectivity index (χ1n) is 8.81. The lowest BCUT2D eigenvalue weighted by atomic mass is 9.96. The predicted octanol–water partition coefficient (Wildman–Crippen LogP) is 1.56. The van der Waals surface area contributed by atoms with Gasteiger partial charge in [-0.05, 0) is 32.3 Å². The lowest BCUT2D eigenvalue weighted by molar-refractivity contribution is 0.0992. The summed E-state index contributed by atoms with van der Waals surface area (Å²) in [6.45, 7) is 2.61. The summed E-state index contributed by atoms with van der Waals surface area (Å²) in [5.74, 6) is 2.61. The van der Waals surface area contributed by atoms with Crippen molar-refractivity contribution in [1.82, 2.24) is 25.2 Å². The molecule has 7 heteroatoms. The first kappa shape index (κ1) is 16.1. The molecule has 25 heavy (non-hydrogen) atoms. The third-order valence-corrected chi connectivity index (χ3v) is 5.02. The van der Waals surface area contributed by atoms with Gasteiger partial charge in [0.2, 0.25) is 0 Å². The fourth-order valence-corrected chi connectivity index (χ4v) is 3.73. The zero-order valence-electron chi connectivity index (χ0n) is 14.6. The molecule has 4 heterocycles. The molecule has 0 radical (unpaired) electrons. The van der Waals surface area contributed by atoms with E-state index in [2.05, 4.69) is 31.7 Å². The Bertz CT molecular complexity index is 770. The SMILES string of the molecule is CN=C(NCc1cccnc1-n1ccnc1C)NC1CC2CCC1O2. The Morgan fingerprint density at radius 2 is 2.28 bits per heavy atom. The molecule has 2 N–H and O–H groups in total. The Labute approximate surface area is 147 Å². The van der Waals surface area contributed by atoms with Gasteiger partial charge in [-0.1, -0.05) is 6.07 Å². The number of ether oxygens (including phenoxy) is 1. The van der Waals surface area contributed by atoms with Crippen LogP contribution in [0.15, 0.2) is 35.7 Å². The molecule has 3 unspecified atom stereocenters. The summed E-state index contributed by atoms with van der Waals surface area (Å²) < 4.78 is 7.91. The highest BCUT2D eigenvalue weighted by Crippen LogP contribution is 2.34. The first-order chi connectivity index (χ1) is 12.2. The van der Waals surface area contributed by atoms with Crippen molar-refractivity contribution in [3.63, 3.8) is 0 Å². The van der Waals surface area contributed by atoms with E-state index in [9.17, 15) is 0 Å². The maximum atomic E-state index is 5.91. The minimum Gasteiger partial charge on any atom is -0.373 e. The summed E-state index contributed by atoms with van der Waals surface area (Å²) in [5.41, 5.74) is 1.09. The van der Waals surface area contributed by atoms with Crippen LogP contribution in [0.4, 0.5) is 0 Å². The largest absolute Gasteiger partial charge is 0.373 e. The van der Waals surface area contributed by atoms with E-state index in [1.807, 2.05) is 23.8 Å². The van der Waals surface area contributed by atoms with Crippen molar-refractivity contribution in [3.8, 4) is 5.82 Å². The number of imidazole rings is 1. The summed E-state index contributed by atoms with van der Waals surface area (Å²) in [4.78, 5) is 13.2. The van der Waals surface area contributed by atoms with Crippen LogP contribution in [0.3, 0.4) is 0 Å². The predicted molar refractivity (Wildman–Crippen MR) is 95.7 cm³/mol. The summed E-state index contributed by atoms with van der Waals surface area (Å²) >= 11 is 0. The van der Waals surface area contributed by atoms with Crippen LogP contribution in [-0.4, -0.2) is 45.8 Å². The molecule has 2 aliphatic heterocycles. The number of aromatic nitrogens is 3. The van der Waals surface area contributed by atoms with Crippen LogP contribution >= 0.6 is 0 Å². The van der Waals surface area contributed by atoms with E-state index >= 15 is 0 Å². The van der Waals surface area contributed by atoms with E-state index in [1.54, 1.807) is 19.4 Å². The fraction of sp³-hybridized carbons (Fsp3) is 0.500. The van der Waals surface area contributed by atoms with E-state index in [4.69, 9.17) is 4.74 Å². The molecule has 0 aliphatic carbocycles. The molecule has 4 rings (SSSR count). The summed E-state index contributed by atoms with van der Waals surface area (Å²) in [7, 11) is 1.80. The Hall–Kier alpha value is -2.41. The Kier molecular flexibility index (Phi) is 4.40. The zero-order chi connectivity index (χ0) is 17.2. The van der Waals surface area contributed by atoms with Crippen molar-refractivity contribution >= 4 is 5.96 Å². The van der Waals surface area contributed by atoms with Gasteiger partial charge in [0.1, 0.15) is 11.6 Å². The van der Waals surface area contributed by atoms with E-state index in [1.165, 1.54) is 6.42 Å². The van der Waals surface area contributed by atoms with Gasteiger partial charge in [-0.25, -0.2) is 9.97 Å². The monoisotopic (exact) mass is 340 g/mol. The van der Waals surface area contributed by atoms with Crippen molar-refractivity contribution in [2.45, 2.75) is 51.0 Å². The van der Waals surface area contributed by atoms with Gasteiger partial charge in [-0.3, -0.25) is 9.56 Å². The lowest BCUT2D eigenvalue weighted by Gasteiger charge is -2.23. The number of nitrogens with one attached hydrogen (secondary N) is 2. The van der Waals surface area contributed by atoms with Crippen molar-refractivity contribution in [1.29, 1.82) is 0 Å². The molecular weight excluding hydrogens is 316 g/mol. The minimum absolute atomic E-state index is 0.325. The molecule has 2 aliphatic rings. The van der Waals surface area contributed by atoms with Crippen LogP contribution in [0, 0.1) is 6.92 Å². The molecular formula is C18H24N6O. The van der Waals surface area contributed by atoms with Gasteiger partial charge < -0.3 is 15.4 Å². The van der Waals surface area contributed by atoms with Gasteiger partial charge in [0.05, 0.1) is 18.2 Å². The number of guanidine groups is 1. The maximum absolute atomic E-state index is 5.91. The second-order valence-corrected chi connectivity index (χ2v) is 6.62. The maximum Gasteiger partial charge on any atom is 0.191 e. The number of hydrogen-bond donors (Lipinski definition) is 2. The minimum atomic E-state index is 0.325. The Balaban J connectivity index is 1.43. The number of fused-ring (bicyclic) bond motifs is 2. The number of aryl methyl sites for hydroxylation is 1. The summed E-state index contributed by atoms with van der Waals surface area (Å²) in [5, 5.41) is 6.91. The number of hydrogen-bond acceptors (Lipinski definition) is 4. The average Bonchev–Trinajstić information content (AvgIpc) is 3.36. The third kappa shape index (κ3) is 3.24. The van der Waals surface area contributed by atoms with Crippen LogP contribution in [0.25, 0.3) is 5.82 Å². The van der Waals surface area contributed by atoms with Crippen LogP contribution < -0.4 is 10.6 Å². The molecule has 2 fully saturated rings. The molecule has 2 bridgehead atoms. The average molecular weight is 340 g/mol. The molecule has 2 saturated heterocycles. The third-order valence-electron chi connectivity index (χ3n) is 5.02. The first-order valence-corrected chi connectivity index (χ1v) is 8.81. The number of rotatable bonds is 4. The van der Waals surface area contributed by atoms with Crippen molar-refractivity contribution in [2.75, 3.05) is 7.05 Å². The normalized spacial score (nSPS) is 25.4. The molecule has 0 amide bonds. The van der Waals surface area contributed by atoms with E-state index in [0.29, 0.717) is 24.8 Å². The van der Waals surface area contributed by atoms with Crippen molar-refractivity contribution in [3.05, 3.63) is 42.1 Å². The van der Waals surface area contributed by atoms with Crippen molar-refractivity contribution in [2.24, 2.45) is 4.99 Å². The van der Waals surface area contributed by atoms with Gasteiger partial charge in [0.15, 0.2) is 5.96 Å². The van der Waals surface area contributed by atoms with E-state index in [-0.39, 0.29) is 0 Å². The van der Waals surface area contributed by atoms with Crippen molar-refractivity contribution < 1.29 is 4.74 Å². The summed E-state index contributed by atoms with van der Waals surface area (Å²) in [6, 6.07) is 4.38. The molecule has 2 aromatic rings. The van der Waals surface area contributed by atoms with E-state index < -0.39 is 0 Å². The van der Waals surface area contributed by atoms with Crippen LogP contribution in [0.5, 0.6) is 0 Å². The fourth-order valence-electron chi connectivity index (χ4n) is 3.73. The summed E-state index contributed by atoms with van der Waals surface area (Å²) in [6.07, 6.45) is 9.68. The highest BCUT2D eigenvalue weighted by Gasteiger charge is 2.41. The van der Waals surface area contributed by atoms with Crippen LogP contribution in [0.1, 0.15) is 30.7 Å². The van der Waals surface area contributed by atoms with Crippen LogP contribution in [-0.2, 0) is 11.3 Å². The highest BCUT2D eigenvalue weighted by atomic mass is 16.5. The molecule has 0 aromatic carbocycles. The highest BCUT2D eigenvalue weighted by molar-refractivity contribution is 5.80. The molecule has 132 valence electrons. The molecule has 3 atom stereocenters. The number of nitrogens with zero attached hydrogens (tertiary/aromatic N) is 4. The molecule has 0 spiro atoms.